The lowest BCUT2D eigenvalue weighted by Gasteiger charge is -2.35. The fourth-order valence-electron chi connectivity index (χ4n) is 3.17. The third-order valence-electron chi connectivity index (χ3n) is 4.53. The van der Waals surface area contributed by atoms with E-state index in [-0.39, 0.29) is 5.91 Å². The molecule has 3 heterocycles. The number of nitrogens with zero attached hydrogens (tertiary/aromatic N) is 4. The predicted octanol–water partition coefficient (Wildman–Crippen LogP) is 2.50. The maximum Gasteiger partial charge on any atom is 0.227 e. The largest absolute Gasteiger partial charge is 0.352 e. The molecule has 1 fully saturated rings. The Morgan fingerprint density at radius 1 is 1.08 bits per heavy atom. The van der Waals surface area contributed by atoms with Crippen LogP contribution in [0, 0.1) is 0 Å². The van der Waals surface area contributed by atoms with Crippen LogP contribution in [0.5, 0.6) is 0 Å². The number of carbonyl (C=O) groups excluding carboxylic acids is 1. The van der Waals surface area contributed by atoms with Crippen molar-refractivity contribution < 1.29 is 4.79 Å². The molecule has 1 amide bonds. The van der Waals surface area contributed by atoms with Gasteiger partial charge in [0, 0.05) is 37.4 Å². The summed E-state index contributed by atoms with van der Waals surface area (Å²) in [6.07, 6.45) is 3.85. The van der Waals surface area contributed by atoms with E-state index in [0.717, 1.165) is 35.5 Å². The maximum atomic E-state index is 12.5. The topological polar surface area (TPSA) is 65.1 Å². The molecular weight excluding hydrogens is 338 g/mol. The molecule has 1 aliphatic rings. The highest BCUT2D eigenvalue weighted by atomic mass is 35.5. The average molecular weight is 356 g/mol. The third-order valence-corrected chi connectivity index (χ3v) is 4.79. The van der Waals surface area contributed by atoms with Crippen LogP contribution >= 0.6 is 11.6 Å². The van der Waals surface area contributed by atoms with Crippen molar-refractivity contribution in [3.63, 3.8) is 0 Å². The first kappa shape index (κ1) is 15.9. The van der Waals surface area contributed by atoms with E-state index in [4.69, 9.17) is 11.6 Å². The molecule has 1 N–H and O–H groups in total. The Morgan fingerprint density at radius 3 is 2.60 bits per heavy atom. The summed E-state index contributed by atoms with van der Waals surface area (Å²) in [7, 11) is 0. The van der Waals surface area contributed by atoms with Crippen molar-refractivity contribution in [2.75, 3.05) is 31.1 Å². The minimum atomic E-state index is 0.149. The SMILES string of the molecule is O=C(Cc1ccc(Cl)cc1)N1CCN(c2ncnc3[nH]ccc23)CC1. The number of halogens is 1. The van der Waals surface area contributed by atoms with E-state index in [9.17, 15) is 4.79 Å². The standard InChI is InChI=1S/C18H18ClN5O/c19-14-3-1-13(2-4-14)11-16(25)23-7-9-24(10-8-23)18-15-5-6-20-17(15)21-12-22-18/h1-6,12H,7-11H2,(H,20,21,22). The number of carbonyl (C=O) groups is 1. The van der Waals surface area contributed by atoms with Gasteiger partial charge in [-0.1, -0.05) is 23.7 Å². The lowest BCUT2D eigenvalue weighted by Crippen LogP contribution is -2.49. The van der Waals surface area contributed by atoms with Crippen LogP contribution in [0.4, 0.5) is 5.82 Å². The molecule has 0 atom stereocenters. The molecule has 2 aromatic heterocycles. The molecule has 128 valence electrons. The average Bonchev–Trinajstić information content (AvgIpc) is 3.12. The van der Waals surface area contributed by atoms with Crippen LogP contribution in [0.15, 0.2) is 42.9 Å². The van der Waals surface area contributed by atoms with E-state index < -0.39 is 0 Å². The number of nitrogens with one attached hydrogen (secondary N) is 1. The lowest BCUT2D eigenvalue weighted by molar-refractivity contribution is -0.130. The van der Waals surface area contributed by atoms with Gasteiger partial charge in [0.2, 0.25) is 5.91 Å². The number of hydrogen-bond acceptors (Lipinski definition) is 4. The molecule has 0 aliphatic carbocycles. The number of piperazine rings is 1. The highest BCUT2D eigenvalue weighted by Gasteiger charge is 2.23. The normalized spacial score (nSPS) is 14.9. The molecule has 0 saturated carbocycles. The van der Waals surface area contributed by atoms with Gasteiger partial charge in [0.1, 0.15) is 17.8 Å². The van der Waals surface area contributed by atoms with E-state index in [1.54, 1.807) is 6.33 Å². The van der Waals surface area contributed by atoms with Crippen molar-refractivity contribution in [1.82, 2.24) is 19.9 Å². The van der Waals surface area contributed by atoms with E-state index in [1.807, 2.05) is 41.4 Å². The number of amides is 1. The Hall–Kier alpha value is -2.60. The van der Waals surface area contributed by atoms with Gasteiger partial charge < -0.3 is 14.8 Å². The van der Waals surface area contributed by atoms with Gasteiger partial charge in [-0.2, -0.15) is 0 Å². The Kier molecular flexibility index (Phi) is 4.28. The second kappa shape index (κ2) is 6.72. The summed E-state index contributed by atoms with van der Waals surface area (Å²) in [5.41, 5.74) is 1.83. The first-order valence-corrected chi connectivity index (χ1v) is 8.64. The third kappa shape index (κ3) is 3.30. The van der Waals surface area contributed by atoms with Gasteiger partial charge in [-0.15, -0.1) is 0 Å². The van der Waals surface area contributed by atoms with Crippen LogP contribution < -0.4 is 4.90 Å². The second-order valence-electron chi connectivity index (χ2n) is 6.11. The molecule has 0 unspecified atom stereocenters. The summed E-state index contributed by atoms with van der Waals surface area (Å²) in [4.78, 5) is 28.4. The first-order chi connectivity index (χ1) is 12.2. The number of anilines is 1. The van der Waals surface area contributed by atoms with Crippen LogP contribution in [0.2, 0.25) is 5.02 Å². The molecule has 1 aromatic carbocycles. The van der Waals surface area contributed by atoms with E-state index in [2.05, 4.69) is 19.9 Å². The summed E-state index contributed by atoms with van der Waals surface area (Å²) in [5, 5.41) is 1.70. The summed E-state index contributed by atoms with van der Waals surface area (Å²) in [5.74, 6) is 1.08. The molecule has 0 radical (unpaired) electrons. The highest BCUT2D eigenvalue weighted by molar-refractivity contribution is 6.30. The Balaban J connectivity index is 1.40. The smallest absolute Gasteiger partial charge is 0.227 e. The van der Waals surface area contributed by atoms with Crippen molar-refractivity contribution >= 4 is 34.4 Å². The number of aromatic nitrogens is 3. The molecule has 25 heavy (non-hydrogen) atoms. The van der Waals surface area contributed by atoms with E-state index in [0.29, 0.717) is 24.5 Å². The van der Waals surface area contributed by atoms with Crippen LogP contribution in [-0.4, -0.2) is 51.9 Å². The molecule has 3 aromatic rings. The monoisotopic (exact) mass is 355 g/mol. The highest BCUT2D eigenvalue weighted by Crippen LogP contribution is 2.23. The van der Waals surface area contributed by atoms with Crippen LogP contribution in [-0.2, 0) is 11.2 Å². The van der Waals surface area contributed by atoms with Gasteiger partial charge in [-0.3, -0.25) is 4.79 Å². The molecular formula is C18H18ClN5O. The number of fused-ring (bicyclic) bond motifs is 1. The lowest BCUT2D eigenvalue weighted by atomic mass is 10.1. The first-order valence-electron chi connectivity index (χ1n) is 8.26. The van der Waals surface area contributed by atoms with Gasteiger partial charge in [0.05, 0.1) is 11.8 Å². The zero-order valence-electron chi connectivity index (χ0n) is 13.7. The summed E-state index contributed by atoms with van der Waals surface area (Å²) in [6.45, 7) is 2.93. The second-order valence-corrected chi connectivity index (χ2v) is 6.54. The van der Waals surface area contributed by atoms with Crippen molar-refractivity contribution in [3.8, 4) is 0 Å². The molecule has 1 saturated heterocycles. The van der Waals surface area contributed by atoms with Gasteiger partial charge in [0.25, 0.3) is 0 Å². The van der Waals surface area contributed by atoms with Crippen molar-refractivity contribution in [3.05, 3.63) is 53.4 Å². The fraction of sp³-hybridized carbons (Fsp3) is 0.278. The number of H-pyrrole nitrogens is 1. The van der Waals surface area contributed by atoms with Gasteiger partial charge in [0.15, 0.2) is 0 Å². The number of rotatable bonds is 3. The van der Waals surface area contributed by atoms with Gasteiger partial charge >= 0.3 is 0 Å². The van der Waals surface area contributed by atoms with Crippen LogP contribution in [0.25, 0.3) is 11.0 Å². The quantitative estimate of drug-likeness (QED) is 0.784. The van der Waals surface area contributed by atoms with Crippen LogP contribution in [0.1, 0.15) is 5.56 Å². The van der Waals surface area contributed by atoms with Gasteiger partial charge in [-0.05, 0) is 23.8 Å². The zero-order valence-corrected chi connectivity index (χ0v) is 14.4. The summed E-state index contributed by atoms with van der Waals surface area (Å²) >= 11 is 5.89. The van der Waals surface area contributed by atoms with Crippen LogP contribution in [0.3, 0.4) is 0 Å². The fourth-order valence-corrected chi connectivity index (χ4v) is 3.29. The molecule has 7 heteroatoms. The minimum absolute atomic E-state index is 0.149. The Bertz CT molecular complexity index is 884. The number of aromatic amines is 1. The van der Waals surface area contributed by atoms with Crippen molar-refractivity contribution in [1.29, 1.82) is 0 Å². The zero-order chi connectivity index (χ0) is 17.2. The van der Waals surface area contributed by atoms with Gasteiger partial charge in [-0.25, -0.2) is 9.97 Å². The molecule has 4 rings (SSSR count). The molecule has 0 spiro atoms. The molecule has 0 bridgehead atoms. The van der Waals surface area contributed by atoms with Crippen molar-refractivity contribution in [2.24, 2.45) is 0 Å². The molecule has 1 aliphatic heterocycles. The van der Waals surface area contributed by atoms with E-state index in [1.165, 1.54) is 0 Å². The number of benzene rings is 1. The molecule has 6 nitrogen and oxygen atoms in total. The summed E-state index contributed by atoms with van der Waals surface area (Å²) in [6, 6.07) is 9.43. The Labute approximate surface area is 150 Å². The minimum Gasteiger partial charge on any atom is -0.352 e. The Morgan fingerprint density at radius 2 is 1.84 bits per heavy atom. The number of hydrogen-bond donors (Lipinski definition) is 1. The predicted molar refractivity (Wildman–Crippen MR) is 97.8 cm³/mol. The van der Waals surface area contributed by atoms with E-state index >= 15 is 0 Å². The van der Waals surface area contributed by atoms with Crippen molar-refractivity contribution in [2.45, 2.75) is 6.42 Å². The maximum absolute atomic E-state index is 12.5. The summed E-state index contributed by atoms with van der Waals surface area (Å²) < 4.78 is 0.